The highest BCUT2D eigenvalue weighted by Gasteiger charge is 2.16. The molecule has 1 atom stereocenters. The average molecular weight is 243 g/mol. The van der Waals surface area contributed by atoms with Gasteiger partial charge in [-0.05, 0) is 12.8 Å². The molecule has 5 nitrogen and oxygen atoms in total. The van der Waals surface area contributed by atoms with Gasteiger partial charge in [-0.15, -0.1) is 0 Å². The van der Waals surface area contributed by atoms with Crippen molar-refractivity contribution in [2.75, 3.05) is 13.2 Å². The van der Waals surface area contributed by atoms with Gasteiger partial charge in [-0.2, -0.15) is 0 Å². The molecule has 5 heteroatoms. The van der Waals surface area contributed by atoms with Gasteiger partial charge in [0.05, 0.1) is 6.61 Å². The first-order chi connectivity index (χ1) is 8.11. The van der Waals surface area contributed by atoms with Gasteiger partial charge < -0.3 is 15.2 Å². The van der Waals surface area contributed by atoms with Crippen LogP contribution in [0.15, 0.2) is 12.7 Å². The zero-order valence-electron chi connectivity index (χ0n) is 10.3. The number of hydrogen-bond donors (Lipinski definition) is 1. The summed E-state index contributed by atoms with van der Waals surface area (Å²) in [5.74, 6) is -0.850. The maximum atomic E-state index is 11.2. The van der Waals surface area contributed by atoms with E-state index in [1.807, 2.05) is 6.92 Å². The molecule has 0 aromatic rings. The third-order valence-corrected chi connectivity index (χ3v) is 2.07. The number of rotatable bonds is 9. The highest BCUT2D eigenvalue weighted by atomic mass is 16.5. The molecule has 98 valence electrons. The van der Waals surface area contributed by atoms with Gasteiger partial charge in [-0.1, -0.05) is 26.0 Å². The Morgan fingerprint density at radius 1 is 1.41 bits per heavy atom. The molecular weight excluding hydrogens is 222 g/mol. The van der Waals surface area contributed by atoms with Crippen molar-refractivity contribution in [1.82, 2.24) is 0 Å². The lowest BCUT2D eigenvalue weighted by Crippen LogP contribution is -2.33. The first-order valence-corrected chi connectivity index (χ1v) is 5.80. The van der Waals surface area contributed by atoms with E-state index in [1.54, 1.807) is 0 Å². The first kappa shape index (κ1) is 15.6. The fourth-order valence-corrected chi connectivity index (χ4v) is 1.04. The van der Waals surface area contributed by atoms with Crippen LogP contribution in [0.1, 0.15) is 32.6 Å². The van der Waals surface area contributed by atoms with Crippen molar-refractivity contribution < 1.29 is 19.1 Å². The quantitative estimate of drug-likeness (QED) is 0.373. The minimum atomic E-state index is -0.784. The lowest BCUT2D eigenvalue weighted by atomic mass is 10.2. The van der Waals surface area contributed by atoms with Crippen molar-refractivity contribution in [1.29, 1.82) is 0 Å². The minimum absolute atomic E-state index is 0.132. The number of carbonyl (C=O) groups is 2. The van der Waals surface area contributed by atoms with E-state index in [0.717, 1.165) is 12.8 Å². The fraction of sp³-hybridized carbons (Fsp3) is 0.667. The Kier molecular flexibility index (Phi) is 9.05. The summed E-state index contributed by atoms with van der Waals surface area (Å²) < 4.78 is 9.68. The Morgan fingerprint density at radius 3 is 2.71 bits per heavy atom. The van der Waals surface area contributed by atoms with Gasteiger partial charge in [0.25, 0.3) is 0 Å². The van der Waals surface area contributed by atoms with E-state index in [9.17, 15) is 9.59 Å². The van der Waals surface area contributed by atoms with Crippen molar-refractivity contribution in [3.63, 3.8) is 0 Å². The van der Waals surface area contributed by atoms with Gasteiger partial charge in [-0.3, -0.25) is 9.59 Å². The number of esters is 2. The number of carbonyl (C=O) groups excluding carboxylic acids is 2. The molecule has 0 saturated carbocycles. The Morgan fingerprint density at radius 2 is 2.12 bits per heavy atom. The molecule has 0 fully saturated rings. The van der Waals surface area contributed by atoms with Crippen molar-refractivity contribution in [3.05, 3.63) is 12.7 Å². The van der Waals surface area contributed by atoms with Crippen LogP contribution < -0.4 is 5.73 Å². The zero-order chi connectivity index (χ0) is 13.1. The van der Waals surface area contributed by atoms with Gasteiger partial charge in [-0.25, -0.2) is 0 Å². The SMILES string of the molecule is C=CCOC(=O)[C@@H](N)CCC(=O)OCCCC. The van der Waals surface area contributed by atoms with Gasteiger partial charge in [0.1, 0.15) is 12.6 Å². The van der Waals surface area contributed by atoms with E-state index in [2.05, 4.69) is 6.58 Å². The van der Waals surface area contributed by atoms with Gasteiger partial charge in [0.15, 0.2) is 0 Å². The average Bonchev–Trinajstić information content (AvgIpc) is 2.33. The van der Waals surface area contributed by atoms with Crippen LogP contribution in [-0.2, 0) is 19.1 Å². The van der Waals surface area contributed by atoms with Crippen LogP contribution in [0, 0.1) is 0 Å². The van der Waals surface area contributed by atoms with Crippen LogP contribution in [0.5, 0.6) is 0 Å². The summed E-state index contributed by atoms with van der Waals surface area (Å²) in [4.78, 5) is 22.4. The molecule has 0 aromatic heterocycles. The smallest absolute Gasteiger partial charge is 0.323 e. The van der Waals surface area contributed by atoms with Gasteiger partial charge in [0, 0.05) is 6.42 Å². The normalized spacial score (nSPS) is 11.6. The first-order valence-electron chi connectivity index (χ1n) is 5.80. The second kappa shape index (κ2) is 9.84. The Hall–Kier alpha value is -1.36. The van der Waals surface area contributed by atoms with Crippen LogP contribution in [0.25, 0.3) is 0 Å². The molecule has 0 spiro atoms. The molecule has 0 saturated heterocycles. The van der Waals surface area contributed by atoms with Crippen LogP contribution in [0.4, 0.5) is 0 Å². The third kappa shape index (κ3) is 8.45. The monoisotopic (exact) mass is 243 g/mol. The Labute approximate surface area is 102 Å². The third-order valence-electron chi connectivity index (χ3n) is 2.07. The highest BCUT2D eigenvalue weighted by molar-refractivity contribution is 5.77. The fourth-order valence-electron chi connectivity index (χ4n) is 1.04. The standard InChI is InChI=1S/C12H21NO4/c1-3-5-9-16-11(14)7-6-10(13)12(15)17-8-4-2/h4,10H,2-3,5-9,13H2,1H3/t10-/m0/s1. The zero-order valence-corrected chi connectivity index (χ0v) is 10.3. The van der Waals surface area contributed by atoms with Crippen LogP contribution >= 0.6 is 0 Å². The van der Waals surface area contributed by atoms with Crippen molar-refractivity contribution >= 4 is 11.9 Å². The van der Waals surface area contributed by atoms with Crippen LogP contribution in [0.2, 0.25) is 0 Å². The molecule has 0 rings (SSSR count). The van der Waals surface area contributed by atoms with Crippen molar-refractivity contribution in [3.8, 4) is 0 Å². The maximum absolute atomic E-state index is 11.2. The molecular formula is C12H21NO4. The summed E-state index contributed by atoms with van der Waals surface area (Å²) in [6.07, 6.45) is 3.65. The van der Waals surface area contributed by atoms with E-state index in [4.69, 9.17) is 15.2 Å². The molecule has 0 bridgehead atoms. The molecule has 0 aromatic carbocycles. The molecule has 0 aliphatic rings. The number of ether oxygens (including phenoxy) is 2. The Bertz CT molecular complexity index is 253. The molecule has 2 N–H and O–H groups in total. The summed E-state index contributed by atoms with van der Waals surface area (Å²) in [5, 5.41) is 0. The lowest BCUT2D eigenvalue weighted by molar-refractivity contribution is -0.146. The molecule has 0 radical (unpaired) electrons. The molecule has 0 aliphatic carbocycles. The summed E-state index contributed by atoms with van der Waals surface area (Å²) in [6.45, 7) is 5.98. The second-order valence-electron chi connectivity index (χ2n) is 3.64. The van der Waals surface area contributed by atoms with Crippen molar-refractivity contribution in [2.24, 2.45) is 5.73 Å². The van der Waals surface area contributed by atoms with E-state index in [0.29, 0.717) is 6.61 Å². The largest absolute Gasteiger partial charge is 0.466 e. The van der Waals surface area contributed by atoms with Crippen molar-refractivity contribution in [2.45, 2.75) is 38.6 Å². The van der Waals surface area contributed by atoms with E-state index < -0.39 is 12.0 Å². The highest BCUT2D eigenvalue weighted by Crippen LogP contribution is 2.00. The molecule has 0 amide bonds. The van der Waals surface area contributed by atoms with Crippen LogP contribution in [0.3, 0.4) is 0 Å². The maximum Gasteiger partial charge on any atom is 0.323 e. The number of unbranched alkanes of at least 4 members (excludes halogenated alkanes) is 1. The van der Waals surface area contributed by atoms with E-state index in [-0.39, 0.29) is 25.4 Å². The molecule has 0 unspecified atom stereocenters. The predicted octanol–water partition coefficient (Wildman–Crippen LogP) is 1.17. The second-order valence-corrected chi connectivity index (χ2v) is 3.64. The number of nitrogens with two attached hydrogens (primary N) is 1. The van der Waals surface area contributed by atoms with E-state index >= 15 is 0 Å². The Balaban J connectivity index is 3.67. The summed E-state index contributed by atoms with van der Waals surface area (Å²) >= 11 is 0. The lowest BCUT2D eigenvalue weighted by Gasteiger charge is -2.10. The summed E-state index contributed by atoms with van der Waals surface area (Å²) in [5.41, 5.74) is 5.54. The topological polar surface area (TPSA) is 78.6 Å². The van der Waals surface area contributed by atoms with Gasteiger partial charge >= 0.3 is 11.9 Å². The van der Waals surface area contributed by atoms with E-state index in [1.165, 1.54) is 6.08 Å². The molecule has 0 heterocycles. The molecule has 0 aliphatic heterocycles. The molecule has 17 heavy (non-hydrogen) atoms. The van der Waals surface area contributed by atoms with Crippen LogP contribution in [-0.4, -0.2) is 31.2 Å². The summed E-state index contributed by atoms with van der Waals surface area (Å²) in [6, 6.07) is -0.784. The minimum Gasteiger partial charge on any atom is -0.466 e. The number of hydrogen-bond acceptors (Lipinski definition) is 5. The predicted molar refractivity (Wildman–Crippen MR) is 64.2 cm³/mol. The summed E-state index contributed by atoms with van der Waals surface area (Å²) in [7, 11) is 0. The van der Waals surface area contributed by atoms with Gasteiger partial charge in [0.2, 0.25) is 0 Å².